The molecule has 0 aliphatic carbocycles. The summed E-state index contributed by atoms with van der Waals surface area (Å²) in [7, 11) is 1.46. The Morgan fingerprint density at radius 1 is 1.23 bits per heavy atom. The average molecular weight is 352 g/mol. The number of para-hydroxylation sites is 2. The number of amides is 1. The molecule has 1 amide bonds. The number of carbonyl (C=O) groups excluding carboxylic acids is 1. The van der Waals surface area contributed by atoms with Crippen molar-refractivity contribution >= 4 is 11.7 Å². The van der Waals surface area contributed by atoms with E-state index in [0.29, 0.717) is 17.3 Å². The van der Waals surface area contributed by atoms with Crippen LogP contribution in [0.2, 0.25) is 0 Å². The first-order chi connectivity index (χ1) is 12.5. The second-order valence-electron chi connectivity index (χ2n) is 5.47. The fourth-order valence-corrected chi connectivity index (χ4v) is 2.37. The molecule has 132 valence electrons. The minimum absolute atomic E-state index is 0.307. The number of anilines is 1. The molecule has 0 unspecified atom stereocenters. The lowest BCUT2D eigenvalue weighted by molar-refractivity contribution is 0.101. The lowest BCUT2D eigenvalue weighted by Gasteiger charge is -2.12. The molecule has 0 fully saturated rings. The van der Waals surface area contributed by atoms with Gasteiger partial charge >= 0.3 is 0 Å². The largest absolute Gasteiger partial charge is 0.505 e. The van der Waals surface area contributed by atoms with Crippen LogP contribution in [0.15, 0.2) is 53.5 Å². The van der Waals surface area contributed by atoms with Crippen molar-refractivity contribution in [3.63, 3.8) is 0 Å². The number of hydrogen-bond acceptors (Lipinski definition) is 6. The van der Waals surface area contributed by atoms with Crippen LogP contribution in [0.5, 0.6) is 11.5 Å². The number of pyridine rings is 1. The van der Waals surface area contributed by atoms with Gasteiger partial charge in [-0.1, -0.05) is 12.1 Å². The Kier molecular flexibility index (Phi) is 4.66. The normalized spacial score (nSPS) is 10.4. The third kappa shape index (κ3) is 3.39. The van der Waals surface area contributed by atoms with Crippen molar-refractivity contribution in [1.29, 1.82) is 0 Å². The van der Waals surface area contributed by atoms with E-state index in [9.17, 15) is 14.7 Å². The van der Waals surface area contributed by atoms with Crippen molar-refractivity contribution in [2.45, 2.75) is 6.92 Å². The van der Waals surface area contributed by atoms with Gasteiger partial charge in [-0.15, -0.1) is 0 Å². The summed E-state index contributed by atoms with van der Waals surface area (Å²) < 4.78 is 6.22. The predicted molar refractivity (Wildman–Crippen MR) is 95.0 cm³/mol. The van der Waals surface area contributed by atoms with E-state index in [2.05, 4.69) is 15.4 Å². The molecule has 2 N–H and O–H groups in total. The number of aryl methyl sites for hydroxylation is 1. The molecule has 0 spiro atoms. The first kappa shape index (κ1) is 17.2. The number of nitrogens with zero attached hydrogens (tertiary/aromatic N) is 3. The number of aromatic hydroxyl groups is 1. The Morgan fingerprint density at radius 2 is 2.00 bits per heavy atom. The average Bonchev–Trinajstić information content (AvgIpc) is 2.61. The minimum atomic E-state index is -0.691. The van der Waals surface area contributed by atoms with Crippen molar-refractivity contribution in [3.8, 4) is 17.2 Å². The molecule has 0 saturated heterocycles. The third-order valence-corrected chi connectivity index (χ3v) is 3.60. The number of carbonyl (C=O) groups is 1. The number of ether oxygens (including phenoxy) is 1. The fourth-order valence-electron chi connectivity index (χ4n) is 2.37. The Balaban J connectivity index is 2.03. The van der Waals surface area contributed by atoms with Crippen LogP contribution in [-0.2, 0) is 0 Å². The summed E-state index contributed by atoms with van der Waals surface area (Å²) in [5, 5.41) is 16.6. The Hall–Kier alpha value is -3.68. The highest BCUT2D eigenvalue weighted by Crippen LogP contribution is 2.21. The topological polar surface area (TPSA) is 106 Å². The van der Waals surface area contributed by atoms with Gasteiger partial charge in [-0.05, 0) is 36.8 Å². The predicted octanol–water partition coefficient (Wildman–Crippen LogP) is 1.90. The molecule has 0 aliphatic rings. The second-order valence-corrected chi connectivity index (χ2v) is 5.47. The Bertz CT molecular complexity index is 1030. The number of methoxy groups -OCH3 is 1. The van der Waals surface area contributed by atoms with Gasteiger partial charge in [-0.3, -0.25) is 9.59 Å². The molecular weight excluding hydrogens is 336 g/mol. The highest BCUT2D eigenvalue weighted by atomic mass is 16.5. The van der Waals surface area contributed by atoms with E-state index in [0.717, 1.165) is 16.3 Å². The molecule has 0 atom stereocenters. The van der Waals surface area contributed by atoms with Gasteiger partial charge in [0.15, 0.2) is 11.4 Å². The summed E-state index contributed by atoms with van der Waals surface area (Å²) in [4.78, 5) is 28.7. The van der Waals surface area contributed by atoms with Crippen LogP contribution in [-0.4, -0.2) is 32.9 Å². The Morgan fingerprint density at radius 3 is 2.73 bits per heavy atom. The maximum atomic E-state index is 12.5. The van der Waals surface area contributed by atoms with E-state index in [4.69, 9.17) is 4.74 Å². The summed E-state index contributed by atoms with van der Waals surface area (Å²) in [6.07, 6.45) is 1.55. The molecule has 0 radical (unpaired) electrons. The van der Waals surface area contributed by atoms with E-state index in [-0.39, 0.29) is 5.69 Å². The van der Waals surface area contributed by atoms with Crippen molar-refractivity contribution in [3.05, 3.63) is 70.3 Å². The van der Waals surface area contributed by atoms with Crippen molar-refractivity contribution in [2.24, 2.45) is 0 Å². The van der Waals surface area contributed by atoms with E-state index in [1.54, 1.807) is 42.6 Å². The lowest BCUT2D eigenvalue weighted by atomic mass is 10.2. The molecular formula is C18H16N4O4. The lowest BCUT2D eigenvalue weighted by Crippen LogP contribution is -2.25. The van der Waals surface area contributed by atoms with E-state index in [1.165, 1.54) is 7.11 Å². The van der Waals surface area contributed by atoms with Crippen molar-refractivity contribution in [2.75, 3.05) is 12.4 Å². The van der Waals surface area contributed by atoms with Crippen LogP contribution in [0.3, 0.4) is 0 Å². The molecule has 2 aromatic heterocycles. The van der Waals surface area contributed by atoms with Gasteiger partial charge in [0, 0.05) is 12.3 Å². The van der Waals surface area contributed by atoms with Crippen molar-refractivity contribution in [1.82, 2.24) is 14.8 Å². The monoisotopic (exact) mass is 352 g/mol. The molecule has 2 heterocycles. The number of benzene rings is 1. The van der Waals surface area contributed by atoms with Crippen LogP contribution < -0.4 is 15.6 Å². The molecule has 0 aliphatic heterocycles. The maximum Gasteiger partial charge on any atom is 0.281 e. The number of aromatic nitrogens is 3. The highest BCUT2D eigenvalue weighted by Gasteiger charge is 2.18. The van der Waals surface area contributed by atoms with Gasteiger partial charge < -0.3 is 15.2 Å². The SMILES string of the molecule is COc1ccccc1-n1nc(C(=O)Nc2cc(C)ccn2)c(O)cc1=O. The smallest absolute Gasteiger partial charge is 0.281 e. The van der Waals surface area contributed by atoms with E-state index in [1.807, 2.05) is 6.92 Å². The zero-order valence-corrected chi connectivity index (χ0v) is 14.1. The summed E-state index contributed by atoms with van der Waals surface area (Å²) in [6.45, 7) is 1.86. The number of rotatable bonds is 4. The van der Waals surface area contributed by atoms with E-state index >= 15 is 0 Å². The Labute approximate surface area is 148 Å². The van der Waals surface area contributed by atoms with Gasteiger partial charge in [0.2, 0.25) is 0 Å². The zero-order chi connectivity index (χ0) is 18.7. The van der Waals surface area contributed by atoms with Crippen molar-refractivity contribution < 1.29 is 14.6 Å². The second kappa shape index (κ2) is 7.06. The summed E-state index contributed by atoms with van der Waals surface area (Å²) in [5.41, 5.74) is 0.352. The van der Waals surface area contributed by atoms with Gasteiger partial charge in [0.05, 0.1) is 7.11 Å². The quantitative estimate of drug-likeness (QED) is 0.743. The van der Waals surface area contributed by atoms with Gasteiger partial charge in [-0.25, -0.2) is 4.98 Å². The van der Waals surface area contributed by atoms with E-state index < -0.39 is 17.2 Å². The maximum absolute atomic E-state index is 12.5. The van der Waals surface area contributed by atoms with Gasteiger partial charge in [0.25, 0.3) is 11.5 Å². The molecule has 3 aromatic rings. The molecule has 1 aromatic carbocycles. The van der Waals surface area contributed by atoms with Gasteiger partial charge in [-0.2, -0.15) is 9.78 Å². The molecule has 3 rings (SSSR count). The summed E-state index contributed by atoms with van der Waals surface area (Å²) in [6, 6.07) is 11.1. The van der Waals surface area contributed by atoms with Crippen LogP contribution in [0.1, 0.15) is 16.1 Å². The third-order valence-electron chi connectivity index (χ3n) is 3.60. The fraction of sp³-hybridized carbons (Fsp3) is 0.111. The van der Waals surface area contributed by atoms with Crippen LogP contribution >= 0.6 is 0 Å². The number of hydrogen-bond donors (Lipinski definition) is 2. The standard InChI is InChI=1S/C18H16N4O4/c1-11-7-8-19-15(9-11)20-18(25)17-13(23)10-16(24)22(21-17)12-5-3-4-6-14(12)26-2/h3-10,23H,1-2H3,(H,19,20,25). The molecule has 8 heteroatoms. The van der Waals surface area contributed by atoms with Crippen LogP contribution in [0.4, 0.5) is 5.82 Å². The molecule has 0 bridgehead atoms. The minimum Gasteiger partial charge on any atom is -0.505 e. The molecule has 0 saturated carbocycles. The van der Waals surface area contributed by atoms with Crippen LogP contribution in [0.25, 0.3) is 5.69 Å². The summed E-state index contributed by atoms with van der Waals surface area (Å²) in [5.74, 6) is -0.499. The first-order valence-corrected chi connectivity index (χ1v) is 7.70. The number of nitrogens with one attached hydrogen (secondary N) is 1. The molecule has 8 nitrogen and oxygen atoms in total. The first-order valence-electron chi connectivity index (χ1n) is 7.70. The summed E-state index contributed by atoms with van der Waals surface area (Å²) >= 11 is 0. The van der Waals surface area contributed by atoms with Gasteiger partial charge in [0.1, 0.15) is 17.3 Å². The molecule has 26 heavy (non-hydrogen) atoms. The van der Waals surface area contributed by atoms with Crippen LogP contribution in [0, 0.1) is 6.92 Å². The zero-order valence-electron chi connectivity index (χ0n) is 14.1. The highest BCUT2D eigenvalue weighted by molar-refractivity contribution is 6.04.